The van der Waals surface area contributed by atoms with Crippen LogP contribution in [0.25, 0.3) is 11.1 Å². The van der Waals surface area contributed by atoms with Crippen LogP contribution in [0.5, 0.6) is 5.75 Å². The highest BCUT2D eigenvalue weighted by atomic mass is 19.1. The first-order valence-corrected chi connectivity index (χ1v) is 9.45. The fraction of sp³-hybridized carbons (Fsp3) is 0.409. The van der Waals surface area contributed by atoms with E-state index in [0.717, 1.165) is 51.4 Å². The van der Waals surface area contributed by atoms with E-state index < -0.39 is 5.82 Å². The molecule has 2 aromatic carbocycles. The third-order valence-electron chi connectivity index (χ3n) is 5.14. The zero-order valence-corrected chi connectivity index (χ0v) is 15.7. The minimum atomic E-state index is -0.504. The van der Waals surface area contributed by atoms with Crippen molar-refractivity contribution < 1.29 is 19.0 Å². The second-order valence-corrected chi connectivity index (χ2v) is 7.14. The second kappa shape index (κ2) is 9.00. The van der Waals surface area contributed by atoms with E-state index in [1.807, 2.05) is 4.90 Å². The summed E-state index contributed by atoms with van der Waals surface area (Å²) in [4.78, 5) is 14.9. The zero-order valence-electron chi connectivity index (χ0n) is 15.7. The smallest absolute Gasteiger partial charge is 0.253 e. The van der Waals surface area contributed by atoms with Crippen molar-refractivity contribution >= 4 is 5.91 Å². The van der Waals surface area contributed by atoms with Gasteiger partial charge in [0.25, 0.3) is 5.91 Å². The van der Waals surface area contributed by atoms with Crippen LogP contribution in [0.2, 0.25) is 0 Å². The average molecular weight is 371 g/mol. The van der Waals surface area contributed by atoms with Crippen molar-refractivity contribution in [2.75, 3.05) is 26.8 Å². The largest absolute Gasteiger partial charge is 0.508 e. The first kappa shape index (κ1) is 19.4. The van der Waals surface area contributed by atoms with Crippen molar-refractivity contribution in [1.82, 2.24) is 4.90 Å². The highest BCUT2D eigenvalue weighted by molar-refractivity contribution is 5.95. The SMILES string of the molecule is COCCC[C@@H]1CCCN(C(=O)c2cccc(-c3ccc(O)cc3F)c2)C1. The van der Waals surface area contributed by atoms with Crippen molar-refractivity contribution in [1.29, 1.82) is 0 Å². The number of amides is 1. The first-order chi connectivity index (χ1) is 13.1. The van der Waals surface area contributed by atoms with E-state index >= 15 is 0 Å². The van der Waals surface area contributed by atoms with Crippen molar-refractivity contribution in [2.45, 2.75) is 25.7 Å². The lowest BCUT2D eigenvalue weighted by atomic mass is 9.93. The summed E-state index contributed by atoms with van der Waals surface area (Å²) in [7, 11) is 1.71. The summed E-state index contributed by atoms with van der Waals surface area (Å²) in [5.41, 5.74) is 1.57. The lowest BCUT2D eigenvalue weighted by Crippen LogP contribution is -2.40. The van der Waals surface area contributed by atoms with Gasteiger partial charge in [-0.15, -0.1) is 0 Å². The van der Waals surface area contributed by atoms with Crippen molar-refractivity contribution in [3.63, 3.8) is 0 Å². The van der Waals surface area contributed by atoms with Gasteiger partial charge in [-0.1, -0.05) is 12.1 Å². The van der Waals surface area contributed by atoms with Crippen molar-refractivity contribution in [2.24, 2.45) is 5.92 Å². The third kappa shape index (κ3) is 4.86. The van der Waals surface area contributed by atoms with Gasteiger partial charge in [-0.3, -0.25) is 4.79 Å². The van der Waals surface area contributed by atoms with Crippen LogP contribution in [0.4, 0.5) is 4.39 Å². The Morgan fingerprint density at radius 2 is 2.15 bits per heavy atom. The van der Waals surface area contributed by atoms with E-state index in [-0.39, 0.29) is 11.7 Å². The summed E-state index contributed by atoms with van der Waals surface area (Å²) < 4.78 is 19.3. The average Bonchev–Trinajstić information content (AvgIpc) is 2.68. The van der Waals surface area contributed by atoms with E-state index in [1.54, 1.807) is 31.4 Å². The van der Waals surface area contributed by atoms with Gasteiger partial charge in [0, 0.05) is 44.0 Å². The summed E-state index contributed by atoms with van der Waals surface area (Å²) in [6.45, 7) is 2.28. The van der Waals surface area contributed by atoms with Gasteiger partial charge in [0.15, 0.2) is 0 Å². The highest BCUT2D eigenvalue weighted by Gasteiger charge is 2.24. The summed E-state index contributed by atoms with van der Waals surface area (Å²) in [5, 5.41) is 9.39. The Morgan fingerprint density at radius 3 is 2.93 bits per heavy atom. The van der Waals surface area contributed by atoms with Crippen LogP contribution in [-0.4, -0.2) is 42.7 Å². The minimum absolute atomic E-state index is 0.00696. The molecule has 0 bridgehead atoms. The number of benzene rings is 2. The number of phenolic OH excluding ortho intramolecular Hbond substituents is 1. The van der Waals surface area contributed by atoms with Crippen LogP contribution < -0.4 is 0 Å². The number of piperidine rings is 1. The van der Waals surface area contributed by atoms with Crippen molar-refractivity contribution in [3.05, 3.63) is 53.8 Å². The Kier molecular flexibility index (Phi) is 6.45. The van der Waals surface area contributed by atoms with Crippen LogP contribution in [-0.2, 0) is 4.74 Å². The predicted molar refractivity (Wildman–Crippen MR) is 103 cm³/mol. The topological polar surface area (TPSA) is 49.8 Å². The van der Waals surface area contributed by atoms with Crippen LogP contribution in [0, 0.1) is 11.7 Å². The maximum Gasteiger partial charge on any atom is 0.253 e. The summed E-state index contributed by atoms with van der Waals surface area (Å²) in [6, 6.07) is 11.1. The quantitative estimate of drug-likeness (QED) is 0.762. The molecule has 1 saturated heterocycles. The standard InChI is InChI=1S/C22H26FNO3/c1-27-12-4-6-16-5-3-11-24(15-16)22(26)18-8-2-7-17(13-18)20-10-9-19(25)14-21(20)23/h2,7-10,13-14,16,25H,3-6,11-12,15H2,1H3/t16-/m0/s1. The number of rotatable bonds is 6. The molecular formula is C22H26FNO3. The van der Waals surface area contributed by atoms with E-state index in [2.05, 4.69) is 0 Å². The molecule has 0 spiro atoms. The number of methoxy groups -OCH3 is 1. The van der Waals surface area contributed by atoms with E-state index in [0.29, 0.717) is 22.6 Å². The summed E-state index contributed by atoms with van der Waals surface area (Å²) in [5.74, 6) is -0.116. The number of hydrogen-bond donors (Lipinski definition) is 1. The van der Waals surface area contributed by atoms with E-state index in [4.69, 9.17) is 4.74 Å². The molecule has 0 aromatic heterocycles. The molecule has 1 fully saturated rings. The third-order valence-corrected chi connectivity index (χ3v) is 5.14. The molecule has 0 saturated carbocycles. The molecule has 0 radical (unpaired) electrons. The van der Waals surface area contributed by atoms with Crippen LogP contribution in [0.15, 0.2) is 42.5 Å². The molecule has 1 heterocycles. The van der Waals surface area contributed by atoms with Gasteiger partial charge in [-0.05, 0) is 61.4 Å². The molecule has 1 aliphatic rings. The molecule has 1 aliphatic heterocycles. The van der Waals surface area contributed by atoms with Crippen LogP contribution in [0.1, 0.15) is 36.0 Å². The number of nitrogens with zero attached hydrogens (tertiary/aromatic N) is 1. The maximum atomic E-state index is 14.2. The Hall–Kier alpha value is -2.40. The van der Waals surface area contributed by atoms with Gasteiger partial charge >= 0.3 is 0 Å². The Morgan fingerprint density at radius 1 is 1.30 bits per heavy atom. The second-order valence-electron chi connectivity index (χ2n) is 7.14. The minimum Gasteiger partial charge on any atom is -0.508 e. The Balaban J connectivity index is 1.73. The monoisotopic (exact) mass is 371 g/mol. The lowest BCUT2D eigenvalue weighted by Gasteiger charge is -2.33. The predicted octanol–water partition coefficient (Wildman–Crippen LogP) is 4.48. The molecule has 1 atom stereocenters. The maximum absolute atomic E-state index is 14.2. The van der Waals surface area contributed by atoms with Crippen LogP contribution in [0.3, 0.4) is 0 Å². The number of ether oxygens (including phenoxy) is 1. The van der Waals surface area contributed by atoms with Gasteiger partial charge in [0.1, 0.15) is 11.6 Å². The number of hydrogen-bond acceptors (Lipinski definition) is 3. The summed E-state index contributed by atoms with van der Waals surface area (Å²) in [6.07, 6.45) is 4.23. The number of carbonyl (C=O) groups is 1. The fourth-order valence-electron chi connectivity index (χ4n) is 3.74. The molecule has 27 heavy (non-hydrogen) atoms. The zero-order chi connectivity index (χ0) is 19.2. The van der Waals surface area contributed by atoms with Gasteiger partial charge < -0.3 is 14.7 Å². The van der Waals surface area contributed by atoms with E-state index in [9.17, 15) is 14.3 Å². The number of phenols is 1. The number of likely N-dealkylation sites (tertiary alicyclic amines) is 1. The molecule has 3 rings (SSSR count). The molecule has 5 heteroatoms. The number of carbonyl (C=O) groups excluding carboxylic acids is 1. The van der Waals surface area contributed by atoms with Gasteiger partial charge in [-0.25, -0.2) is 4.39 Å². The number of aromatic hydroxyl groups is 1. The molecule has 0 aliphatic carbocycles. The number of halogens is 1. The van der Waals surface area contributed by atoms with Crippen molar-refractivity contribution in [3.8, 4) is 16.9 Å². The summed E-state index contributed by atoms with van der Waals surface area (Å²) >= 11 is 0. The molecule has 1 amide bonds. The molecule has 2 aromatic rings. The lowest BCUT2D eigenvalue weighted by molar-refractivity contribution is 0.0660. The first-order valence-electron chi connectivity index (χ1n) is 9.45. The van der Waals surface area contributed by atoms with Gasteiger partial charge in [-0.2, -0.15) is 0 Å². The van der Waals surface area contributed by atoms with Gasteiger partial charge in [0.2, 0.25) is 0 Å². The normalized spacial score (nSPS) is 17.1. The Bertz CT molecular complexity index is 793. The molecule has 0 unspecified atom stereocenters. The van der Waals surface area contributed by atoms with Gasteiger partial charge in [0.05, 0.1) is 0 Å². The molecule has 144 valence electrons. The molecule has 1 N–H and O–H groups in total. The fourth-order valence-corrected chi connectivity index (χ4v) is 3.74. The van der Waals surface area contributed by atoms with E-state index in [1.165, 1.54) is 12.1 Å². The molecule has 4 nitrogen and oxygen atoms in total. The molecular weight excluding hydrogens is 345 g/mol. The van der Waals surface area contributed by atoms with Crippen LogP contribution >= 0.6 is 0 Å². The highest BCUT2D eigenvalue weighted by Crippen LogP contribution is 2.28. The Labute approximate surface area is 159 Å².